The Bertz CT molecular complexity index is 731. The van der Waals surface area contributed by atoms with Crippen molar-refractivity contribution in [2.45, 2.75) is 12.6 Å². The van der Waals surface area contributed by atoms with Gasteiger partial charge in [-0.05, 0) is 0 Å². The number of benzene rings is 1. The third-order valence-electron chi connectivity index (χ3n) is 3.31. The van der Waals surface area contributed by atoms with Crippen LogP contribution < -0.4 is 4.74 Å². The van der Waals surface area contributed by atoms with Crippen molar-refractivity contribution in [1.82, 2.24) is 15.0 Å². The van der Waals surface area contributed by atoms with Gasteiger partial charge in [-0.1, -0.05) is 0 Å². The Labute approximate surface area is 145 Å². The van der Waals surface area contributed by atoms with E-state index in [-0.39, 0.29) is 22.8 Å². The number of ether oxygens (including phenoxy) is 1. The summed E-state index contributed by atoms with van der Waals surface area (Å²) in [6.07, 6.45) is 3.78. The molecule has 0 saturated carbocycles. The average Bonchev–Trinajstić information content (AvgIpc) is 3.09. The third kappa shape index (κ3) is 4.10. The molecule has 1 aliphatic rings. The van der Waals surface area contributed by atoms with Gasteiger partial charge in [0, 0.05) is 0 Å². The number of carbonyl (C=O) groups is 1. The molecule has 128 valence electrons. The first kappa shape index (κ1) is 16.9. The fraction of sp³-hybridized carbons (Fsp3) is 0.267. The van der Waals surface area contributed by atoms with E-state index in [1.54, 1.807) is 23.0 Å². The molecule has 1 atom stereocenters. The van der Waals surface area contributed by atoms with Gasteiger partial charge in [0.1, 0.15) is 0 Å². The number of halogens is 1. The van der Waals surface area contributed by atoms with Crippen LogP contribution in [0.3, 0.4) is 0 Å². The molecule has 24 heavy (non-hydrogen) atoms. The van der Waals surface area contributed by atoms with E-state index >= 15 is 0 Å². The molecule has 2 heterocycles. The SMILES string of the molecule is O=C(O)c1ccc(OCc2cn([C@@H]3C=CI(CO)OC3)nn2)cc1. The maximum atomic E-state index is 10.8. The Morgan fingerprint density at radius 3 is 2.83 bits per heavy atom. The zero-order chi connectivity index (χ0) is 16.9. The van der Waals surface area contributed by atoms with Crippen LogP contribution in [0.1, 0.15) is 22.1 Å². The van der Waals surface area contributed by atoms with E-state index in [4.69, 9.17) is 18.0 Å². The fourth-order valence-corrected chi connectivity index (χ4v) is 4.44. The van der Waals surface area contributed by atoms with Gasteiger partial charge in [-0.2, -0.15) is 0 Å². The molecule has 0 radical (unpaired) electrons. The number of aliphatic hydroxyl groups is 1. The molecule has 0 aliphatic carbocycles. The second kappa shape index (κ2) is 7.73. The van der Waals surface area contributed by atoms with Gasteiger partial charge in [0.25, 0.3) is 0 Å². The van der Waals surface area contributed by atoms with Crippen molar-refractivity contribution in [3.8, 4) is 5.75 Å². The summed E-state index contributed by atoms with van der Waals surface area (Å²) >= 11 is -1.75. The van der Waals surface area contributed by atoms with Crippen LogP contribution in [0, 0.1) is 0 Å². The van der Waals surface area contributed by atoms with E-state index in [1.807, 2.05) is 10.2 Å². The molecule has 1 aromatic heterocycles. The molecule has 1 aliphatic heterocycles. The maximum absolute atomic E-state index is 10.8. The molecule has 0 fully saturated rings. The van der Waals surface area contributed by atoms with Crippen molar-refractivity contribution in [1.29, 1.82) is 0 Å². The molecule has 0 bridgehead atoms. The minimum atomic E-state index is -1.75. The van der Waals surface area contributed by atoms with Crippen molar-refractivity contribution in [3.05, 3.63) is 51.9 Å². The van der Waals surface area contributed by atoms with E-state index in [1.165, 1.54) is 12.1 Å². The van der Waals surface area contributed by atoms with Crippen LogP contribution in [0.4, 0.5) is 0 Å². The van der Waals surface area contributed by atoms with E-state index in [2.05, 4.69) is 10.3 Å². The number of aliphatic hydroxyl groups excluding tert-OH is 1. The number of aromatic carboxylic acids is 1. The second-order valence-corrected chi connectivity index (χ2v) is 8.98. The number of hydrogen-bond donors (Lipinski definition) is 2. The molecule has 0 unspecified atom stereocenters. The number of carboxylic acids is 1. The zero-order valence-electron chi connectivity index (χ0n) is 12.6. The minimum absolute atomic E-state index is 0.0267. The summed E-state index contributed by atoms with van der Waals surface area (Å²) in [5.41, 5.74) is 0.872. The summed E-state index contributed by atoms with van der Waals surface area (Å²) in [5.74, 6) is -0.410. The number of aromatic nitrogens is 3. The number of alkyl halides is 1. The van der Waals surface area contributed by atoms with Crippen LogP contribution >= 0.6 is 20.2 Å². The first-order valence-corrected chi connectivity index (χ1v) is 10.7. The van der Waals surface area contributed by atoms with Gasteiger partial charge in [-0.25, -0.2) is 4.79 Å². The van der Waals surface area contributed by atoms with Crippen LogP contribution in [-0.2, 0) is 9.67 Å². The number of carboxylic acid groups (broad SMARTS) is 1. The Morgan fingerprint density at radius 2 is 2.21 bits per heavy atom. The monoisotopic (exact) mass is 445 g/mol. The number of rotatable bonds is 6. The third-order valence-corrected chi connectivity index (χ3v) is 6.36. The molecular weight excluding hydrogens is 429 g/mol. The summed E-state index contributed by atoms with van der Waals surface area (Å²) in [5, 5.41) is 26.1. The van der Waals surface area contributed by atoms with Gasteiger partial charge in [-0.15, -0.1) is 0 Å². The molecule has 9 heteroatoms. The molecule has 0 amide bonds. The van der Waals surface area contributed by atoms with Crippen LogP contribution in [0.15, 0.2) is 40.6 Å². The molecular formula is C15H16IN3O5. The number of nitrogens with zero attached hydrogens (tertiary/aromatic N) is 3. The van der Waals surface area contributed by atoms with Crippen molar-refractivity contribution in [3.63, 3.8) is 0 Å². The van der Waals surface area contributed by atoms with Crippen molar-refractivity contribution in [2.24, 2.45) is 0 Å². The van der Waals surface area contributed by atoms with E-state index < -0.39 is 26.2 Å². The zero-order valence-corrected chi connectivity index (χ0v) is 14.7. The van der Waals surface area contributed by atoms with Crippen LogP contribution in [0.5, 0.6) is 5.75 Å². The molecule has 3 rings (SSSR count). The Balaban J connectivity index is 1.57. The van der Waals surface area contributed by atoms with Gasteiger partial charge >= 0.3 is 136 Å². The quantitative estimate of drug-likeness (QED) is 0.518. The molecule has 0 saturated heterocycles. The summed E-state index contributed by atoms with van der Waals surface area (Å²) in [4.78, 5) is 10.8. The Hall–Kier alpha value is -1.98. The van der Waals surface area contributed by atoms with Gasteiger partial charge in [-0.3, -0.25) is 0 Å². The normalized spacial score (nSPS) is 18.5. The number of hydrogen-bond acceptors (Lipinski definition) is 6. The topological polar surface area (TPSA) is 107 Å². The van der Waals surface area contributed by atoms with Crippen molar-refractivity contribution < 1.29 is 22.8 Å². The standard InChI is InChI=1S/C15H16IN3O5/c20-10-16-6-5-13(9-24-16)19-7-12(17-18-19)8-23-14-3-1-11(2-4-14)15(21)22/h1-7,13,20H,8-10H2,(H,21,22)/t13-/m1/s1. The van der Waals surface area contributed by atoms with E-state index in [0.29, 0.717) is 18.1 Å². The van der Waals surface area contributed by atoms with Gasteiger partial charge in [0.15, 0.2) is 0 Å². The Kier molecular flexibility index (Phi) is 5.43. The molecule has 2 aromatic rings. The fourth-order valence-electron chi connectivity index (χ4n) is 2.03. The van der Waals surface area contributed by atoms with Crippen molar-refractivity contribution >= 4 is 26.2 Å². The van der Waals surface area contributed by atoms with Crippen LogP contribution in [0.2, 0.25) is 0 Å². The summed E-state index contributed by atoms with van der Waals surface area (Å²) < 4.78 is 15.0. The second-order valence-electron chi connectivity index (χ2n) is 4.94. The van der Waals surface area contributed by atoms with Crippen molar-refractivity contribution in [2.75, 3.05) is 11.2 Å². The van der Waals surface area contributed by atoms with E-state index in [0.717, 1.165) is 0 Å². The van der Waals surface area contributed by atoms with Crippen LogP contribution in [0.25, 0.3) is 0 Å². The van der Waals surface area contributed by atoms with Gasteiger partial charge in [0.05, 0.1) is 0 Å². The van der Waals surface area contributed by atoms with Gasteiger partial charge < -0.3 is 5.11 Å². The summed E-state index contributed by atoms with van der Waals surface area (Å²) in [7, 11) is 0. The average molecular weight is 445 g/mol. The van der Waals surface area contributed by atoms with E-state index in [9.17, 15) is 4.79 Å². The Morgan fingerprint density at radius 1 is 1.42 bits per heavy atom. The molecule has 2 N–H and O–H groups in total. The molecule has 1 aromatic carbocycles. The summed E-state index contributed by atoms with van der Waals surface area (Å²) in [6, 6.07) is 6.15. The molecule has 0 spiro atoms. The predicted octanol–water partition coefficient (Wildman–Crippen LogP) is 2.01. The van der Waals surface area contributed by atoms with Gasteiger partial charge in [0.2, 0.25) is 0 Å². The predicted molar refractivity (Wildman–Crippen MR) is 93.0 cm³/mol. The first-order chi connectivity index (χ1) is 11.7. The molecule has 8 nitrogen and oxygen atoms in total. The first-order valence-electron chi connectivity index (χ1n) is 7.09. The van der Waals surface area contributed by atoms with Crippen LogP contribution in [-0.4, -0.2) is 42.4 Å². The summed E-state index contributed by atoms with van der Waals surface area (Å²) in [6.45, 7) is 0.723.